The fourth-order valence-electron chi connectivity index (χ4n) is 2.50. The van der Waals surface area contributed by atoms with Gasteiger partial charge in [0.05, 0.1) is 6.07 Å². The first-order valence-corrected chi connectivity index (χ1v) is 7.98. The number of carbonyl (C=O) groups is 1. The van der Waals surface area contributed by atoms with Crippen LogP contribution in [0.4, 0.5) is 10.1 Å². The van der Waals surface area contributed by atoms with Crippen molar-refractivity contribution in [3.05, 3.63) is 41.9 Å². The van der Waals surface area contributed by atoms with Gasteiger partial charge >= 0.3 is 0 Å². The summed E-state index contributed by atoms with van der Waals surface area (Å²) in [5.41, 5.74) is 0.348. The molecular weight excluding hydrogens is 349 g/mol. The molecule has 1 aromatic heterocycles. The Morgan fingerprint density at radius 1 is 1.44 bits per heavy atom. The van der Waals surface area contributed by atoms with Gasteiger partial charge in [-0.2, -0.15) is 0 Å². The smallest absolute Gasteiger partial charge is 0.294 e. The van der Waals surface area contributed by atoms with Crippen LogP contribution in [0.1, 0.15) is 29.8 Å². The lowest BCUT2D eigenvalue weighted by Gasteiger charge is -2.34. The largest absolute Gasteiger partial charge is 0.474 e. The lowest BCUT2D eigenvalue weighted by molar-refractivity contribution is 0.0987. The van der Waals surface area contributed by atoms with Crippen molar-refractivity contribution in [1.29, 1.82) is 0 Å². The Balaban J connectivity index is 0.00000225. The molecule has 1 amide bonds. The Hall–Kier alpha value is -2.12. The summed E-state index contributed by atoms with van der Waals surface area (Å²) in [5.74, 6) is -0.650. The van der Waals surface area contributed by atoms with E-state index in [2.05, 4.69) is 22.4 Å². The number of hydrogen-bond donors (Lipinski definition) is 1. The summed E-state index contributed by atoms with van der Waals surface area (Å²) in [7, 11) is 2.08. The van der Waals surface area contributed by atoms with Gasteiger partial charge in [0.1, 0.15) is 12.4 Å². The van der Waals surface area contributed by atoms with Gasteiger partial charge in [-0.25, -0.2) is 4.39 Å². The van der Waals surface area contributed by atoms with Crippen LogP contribution in [0.5, 0.6) is 5.88 Å². The highest BCUT2D eigenvalue weighted by Crippen LogP contribution is 2.23. The molecule has 136 valence electrons. The third-order valence-corrected chi connectivity index (χ3v) is 4.19. The van der Waals surface area contributed by atoms with Crippen LogP contribution in [0, 0.1) is 5.82 Å². The molecule has 0 atom stereocenters. The molecule has 1 saturated carbocycles. The van der Waals surface area contributed by atoms with Crippen LogP contribution in [0.3, 0.4) is 0 Å². The molecule has 0 radical (unpaired) electrons. The number of aromatic nitrogens is 1. The quantitative estimate of drug-likeness (QED) is 0.810. The molecule has 1 aliphatic carbocycles. The first-order chi connectivity index (χ1) is 11.6. The standard InChI is InChI=1S/C17H20FN3O3.ClH/c1-21(14-6-3-7-14)8-9-23-16-11-15(24-20-16)17(22)19-13-5-2-4-12(18)10-13;/h2,4-5,10-11,14H,3,6-9H2,1H3,(H,19,22);1H. The normalized spacial score (nSPS) is 13.9. The number of halogens is 2. The van der Waals surface area contributed by atoms with E-state index in [9.17, 15) is 9.18 Å². The summed E-state index contributed by atoms with van der Waals surface area (Å²) in [5, 5.41) is 6.26. The lowest BCUT2D eigenvalue weighted by Crippen LogP contribution is -2.39. The van der Waals surface area contributed by atoms with E-state index in [0.717, 1.165) is 6.54 Å². The molecule has 1 heterocycles. The van der Waals surface area contributed by atoms with E-state index in [-0.39, 0.29) is 24.0 Å². The van der Waals surface area contributed by atoms with Gasteiger partial charge in [0.25, 0.3) is 11.8 Å². The molecule has 1 aromatic carbocycles. The molecule has 2 aromatic rings. The van der Waals surface area contributed by atoms with E-state index in [4.69, 9.17) is 9.26 Å². The van der Waals surface area contributed by atoms with Crippen molar-refractivity contribution >= 4 is 24.0 Å². The number of rotatable bonds is 7. The number of benzene rings is 1. The first kappa shape index (κ1) is 19.2. The van der Waals surface area contributed by atoms with Gasteiger partial charge in [-0.3, -0.25) is 4.79 Å². The van der Waals surface area contributed by atoms with Gasteiger partial charge in [0, 0.05) is 18.3 Å². The SMILES string of the molecule is CN(CCOc1cc(C(=O)Nc2cccc(F)c2)on1)C1CCC1.Cl. The van der Waals surface area contributed by atoms with Crippen molar-refractivity contribution in [2.75, 3.05) is 25.5 Å². The van der Waals surface area contributed by atoms with Crippen LogP contribution in [-0.2, 0) is 0 Å². The third kappa shape index (κ3) is 5.17. The zero-order chi connectivity index (χ0) is 16.9. The number of likely N-dealkylation sites (N-methyl/N-ethyl adjacent to an activating group) is 1. The number of amides is 1. The number of ether oxygens (including phenoxy) is 1. The predicted octanol–water partition coefficient (Wildman–Crippen LogP) is 3.35. The number of anilines is 1. The van der Waals surface area contributed by atoms with Crippen LogP contribution in [0.2, 0.25) is 0 Å². The summed E-state index contributed by atoms with van der Waals surface area (Å²) >= 11 is 0. The van der Waals surface area contributed by atoms with Crippen LogP contribution >= 0.6 is 12.4 Å². The highest BCUT2D eigenvalue weighted by molar-refractivity contribution is 6.02. The second-order valence-electron chi connectivity index (χ2n) is 5.91. The summed E-state index contributed by atoms with van der Waals surface area (Å²) in [6.07, 6.45) is 3.78. The minimum absolute atomic E-state index is 0. The zero-order valence-electron chi connectivity index (χ0n) is 13.9. The second kappa shape index (κ2) is 8.82. The Morgan fingerprint density at radius 2 is 2.24 bits per heavy atom. The molecule has 0 unspecified atom stereocenters. The maximum absolute atomic E-state index is 13.1. The van der Waals surface area contributed by atoms with Gasteiger partial charge in [-0.05, 0) is 43.2 Å². The molecule has 0 saturated heterocycles. The highest BCUT2D eigenvalue weighted by atomic mass is 35.5. The zero-order valence-corrected chi connectivity index (χ0v) is 14.7. The van der Waals surface area contributed by atoms with Gasteiger partial charge in [-0.1, -0.05) is 12.5 Å². The molecular formula is C17H21ClFN3O3. The summed E-state index contributed by atoms with van der Waals surface area (Å²) in [6, 6.07) is 7.71. The topological polar surface area (TPSA) is 67.6 Å². The van der Waals surface area contributed by atoms with Crippen LogP contribution in [-0.4, -0.2) is 42.2 Å². The number of nitrogens with one attached hydrogen (secondary N) is 1. The lowest BCUT2D eigenvalue weighted by atomic mass is 9.92. The fourth-order valence-corrected chi connectivity index (χ4v) is 2.50. The van der Waals surface area contributed by atoms with Gasteiger partial charge in [-0.15, -0.1) is 12.4 Å². The Bertz CT molecular complexity index is 706. The van der Waals surface area contributed by atoms with Crippen molar-refractivity contribution in [2.24, 2.45) is 0 Å². The minimum atomic E-state index is -0.505. The number of hydrogen-bond acceptors (Lipinski definition) is 5. The average Bonchev–Trinajstić information content (AvgIpc) is 2.94. The van der Waals surface area contributed by atoms with E-state index < -0.39 is 11.7 Å². The third-order valence-electron chi connectivity index (χ3n) is 4.19. The van der Waals surface area contributed by atoms with Gasteiger partial charge in [0.2, 0.25) is 5.76 Å². The summed E-state index contributed by atoms with van der Waals surface area (Å²) in [4.78, 5) is 14.3. The van der Waals surface area contributed by atoms with E-state index in [0.29, 0.717) is 18.3 Å². The molecule has 3 rings (SSSR count). The Kier molecular flexibility index (Phi) is 6.78. The molecule has 1 aliphatic rings. The molecule has 1 fully saturated rings. The Labute approximate surface area is 151 Å². The van der Waals surface area contributed by atoms with E-state index in [1.807, 2.05) is 0 Å². The van der Waals surface area contributed by atoms with Crippen LogP contribution in [0.25, 0.3) is 0 Å². The van der Waals surface area contributed by atoms with Crippen molar-refractivity contribution in [2.45, 2.75) is 25.3 Å². The van der Waals surface area contributed by atoms with E-state index in [1.165, 1.54) is 43.5 Å². The van der Waals surface area contributed by atoms with Crippen LogP contribution in [0.15, 0.2) is 34.9 Å². The average molecular weight is 370 g/mol. The molecule has 0 aliphatic heterocycles. The van der Waals surface area contributed by atoms with Crippen molar-refractivity contribution in [3.8, 4) is 5.88 Å². The van der Waals surface area contributed by atoms with E-state index in [1.54, 1.807) is 6.07 Å². The molecule has 8 heteroatoms. The monoisotopic (exact) mass is 369 g/mol. The number of carbonyl (C=O) groups excluding carboxylic acids is 1. The fraction of sp³-hybridized carbons (Fsp3) is 0.412. The maximum Gasteiger partial charge on any atom is 0.294 e. The number of nitrogens with zero attached hydrogens (tertiary/aromatic N) is 2. The maximum atomic E-state index is 13.1. The Morgan fingerprint density at radius 3 is 2.92 bits per heavy atom. The molecule has 25 heavy (non-hydrogen) atoms. The predicted molar refractivity (Wildman–Crippen MR) is 93.9 cm³/mol. The van der Waals surface area contributed by atoms with Crippen molar-refractivity contribution in [1.82, 2.24) is 10.1 Å². The summed E-state index contributed by atoms with van der Waals surface area (Å²) in [6.45, 7) is 1.27. The first-order valence-electron chi connectivity index (χ1n) is 7.98. The molecule has 6 nitrogen and oxygen atoms in total. The van der Waals surface area contributed by atoms with Crippen molar-refractivity contribution < 1.29 is 18.4 Å². The highest BCUT2D eigenvalue weighted by Gasteiger charge is 2.21. The van der Waals surface area contributed by atoms with E-state index >= 15 is 0 Å². The molecule has 0 bridgehead atoms. The van der Waals surface area contributed by atoms with Gasteiger partial charge in [0.15, 0.2) is 0 Å². The summed E-state index contributed by atoms with van der Waals surface area (Å²) < 4.78 is 23.6. The second-order valence-corrected chi connectivity index (χ2v) is 5.91. The molecule has 1 N–H and O–H groups in total. The minimum Gasteiger partial charge on any atom is -0.474 e. The van der Waals surface area contributed by atoms with Crippen molar-refractivity contribution in [3.63, 3.8) is 0 Å². The molecule has 0 spiro atoms. The van der Waals surface area contributed by atoms with Crippen LogP contribution < -0.4 is 10.1 Å². The van der Waals surface area contributed by atoms with Gasteiger partial charge < -0.3 is 19.5 Å².